The van der Waals surface area contributed by atoms with E-state index in [0.717, 1.165) is 11.3 Å². The van der Waals surface area contributed by atoms with Crippen molar-refractivity contribution in [1.29, 1.82) is 0 Å². The van der Waals surface area contributed by atoms with Crippen LogP contribution in [0, 0.1) is 0 Å². The third-order valence-corrected chi connectivity index (χ3v) is 2.31. The van der Waals surface area contributed by atoms with E-state index >= 15 is 0 Å². The molecule has 0 amide bonds. The lowest BCUT2D eigenvalue weighted by molar-refractivity contribution is 0.138. The maximum atomic E-state index is 10.3. The summed E-state index contributed by atoms with van der Waals surface area (Å²) in [6, 6.07) is 17.9. The second-order valence-corrected chi connectivity index (χ2v) is 3.44. The number of hydrogen-bond donors (Lipinski definition) is 0. The number of benzene rings is 2. The van der Waals surface area contributed by atoms with Gasteiger partial charge in [0.15, 0.2) is 0 Å². The van der Waals surface area contributed by atoms with Crippen LogP contribution < -0.4 is 4.74 Å². The van der Waals surface area contributed by atoms with E-state index in [2.05, 4.69) is 12.1 Å². The van der Waals surface area contributed by atoms with Crippen molar-refractivity contribution in [3.8, 4) is 16.9 Å². The van der Waals surface area contributed by atoms with E-state index in [-0.39, 0.29) is 13.2 Å². The maximum absolute atomic E-state index is 10.3. The molecular weight excluding hydrogens is 200 g/mol. The van der Waals surface area contributed by atoms with Crippen molar-refractivity contribution in [3.05, 3.63) is 54.6 Å². The van der Waals surface area contributed by atoms with E-state index in [0.29, 0.717) is 0 Å². The van der Waals surface area contributed by atoms with Crippen LogP contribution in [0.15, 0.2) is 54.6 Å². The minimum absolute atomic E-state index is 0.208. The summed E-state index contributed by atoms with van der Waals surface area (Å²) in [4.78, 5) is 0. The molecule has 0 unspecified atom stereocenters. The molecule has 0 aliphatic heterocycles. The largest absolute Gasteiger partial charge is 0.491 e. The number of rotatable bonds is 4. The van der Waals surface area contributed by atoms with E-state index in [4.69, 9.17) is 4.74 Å². The molecular formula is C14H13O2. The van der Waals surface area contributed by atoms with Gasteiger partial charge in [-0.15, -0.1) is 0 Å². The fourth-order valence-electron chi connectivity index (χ4n) is 1.53. The van der Waals surface area contributed by atoms with Crippen LogP contribution in [0.3, 0.4) is 0 Å². The summed E-state index contributed by atoms with van der Waals surface area (Å²) in [5.41, 5.74) is 2.33. The molecule has 2 rings (SSSR count). The quantitative estimate of drug-likeness (QED) is 0.767. The topological polar surface area (TPSA) is 29.1 Å². The molecule has 0 spiro atoms. The molecule has 1 radical (unpaired) electrons. The van der Waals surface area contributed by atoms with Crippen molar-refractivity contribution in [2.45, 2.75) is 0 Å². The van der Waals surface area contributed by atoms with Gasteiger partial charge in [0.2, 0.25) is 0 Å². The Balaban J connectivity index is 2.13. The zero-order valence-electron chi connectivity index (χ0n) is 8.93. The van der Waals surface area contributed by atoms with Crippen LogP contribution >= 0.6 is 0 Å². The van der Waals surface area contributed by atoms with Gasteiger partial charge in [0.1, 0.15) is 19.0 Å². The summed E-state index contributed by atoms with van der Waals surface area (Å²) in [6.45, 7) is 0.0190. The van der Waals surface area contributed by atoms with Gasteiger partial charge >= 0.3 is 0 Å². The van der Waals surface area contributed by atoms with Crippen LogP contribution in [0.2, 0.25) is 0 Å². The second kappa shape index (κ2) is 5.33. The lowest BCUT2D eigenvalue weighted by Gasteiger charge is -2.05. The fourth-order valence-corrected chi connectivity index (χ4v) is 1.53. The van der Waals surface area contributed by atoms with Gasteiger partial charge in [-0.25, -0.2) is 5.11 Å². The summed E-state index contributed by atoms with van der Waals surface area (Å²) in [5, 5.41) is 10.3. The zero-order chi connectivity index (χ0) is 11.2. The molecule has 0 aliphatic rings. The minimum Gasteiger partial charge on any atom is -0.491 e. The maximum Gasteiger partial charge on any atom is 0.119 e. The Labute approximate surface area is 95.1 Å². The zero-order valence-corrected chi connectivity index (χ0v) is 8.93. The Morgan fingerprint density at radius 2 is 1.44 bits per heavy atom. The van der Waals surface area contributed by atoms with Gasteiger partial charge in [-0.1, -0.05) is 42.5 Å². The van der Waals surface area contributed by atoms with Gasteiger partial charge in [-0.05, 0) is 23.3 Å². The molecule has 0 fully saturated rings. The average Bonchev–Trinajstić information content (AvgIpc) is 2.38. The molecule has 2 nitrogen and oxygen atoms in total. The SMILES string of the molecule is [O]CCOc1ccc(-c2ccccc2)cc1. The summed E-state index contributed by atoms with van der Waals surface area (Å²) >= 11 is 0. The lowest BCUT2D eigenvalue weighted by Crippen LogP contribution is -2.00. The van der Waals surface area contributed by atoms with Crippen molar-refractivity contribution in [2.24, 2.45) is 0 Å². The highest BCUT2D eigenvalue weighted by Gasteiger charge is 1.97. The van der Waals surface area contributed by atoms with Crippen molar-refractivity contribution < 1.29 is 9.84 Å². The molecule has 0 aliphatic carbocycles. The Kier molecular flexibility index (Phi) is 3.57. The highest BCUT2D eigenvalue weighted by molar-refractivity contribution is 5.63. The van der Waals surface area contributed by atoms with E-state index in [1.165, 1.54) is 5.56 Å². The first-order chi connectivity index (χ1) is 7.90. The van der Waals surface area contributed by atoms with Crippen LogP contribution in [0.5, 0.6) is 5.75 Å². The highest BCUT2D eigenvalue weighted by atomic mass is 16.5. The first-order valence-corrected chi connectivity index (χ1v) is 5.26. The molecule has 81 valence electrons. The molecule has 0 saturated carbocycles. The predicted molar refractivity (Wildman–Crippen MR) is 62.9 cm³/mol. The van der Waals surface area contributed by atoms with Crippen LogP contribution in [-0.4, -0.2) is 13.2 Å². The second-order valence-electron chi connectivity index (χ2n) is 3.44. The standard InChI is InChI=1S/C14H13O2/c15-10-11-16-14-8-6-13(7-9-14)12-4-2-1-3-5-12/h1-9H,10-11H2. The predicted octanol–water partition coefficient (Wildman–Crippen LogP) is 3.16. The van der Waals surface area contributed by atoms with E-state index in [1.807, 2.05) is 42.5 Å². The number of hydrogen-bond acceptors (Lipinski definition) is 1. The Bertz CT molecular complexity index is 420. The molecule has 0 heterocycles. The molecule has 2 aromatic carbocycles. The molecule has 2 aromatic rings. The van der Waals surface area contributed by atoms with E-state index < -0.39 is 0 Å². The first kappa shape index (κ1) is 10.7. The van der Waals surface area contributed by atoms with Crippen LogP contribution in [0.1, 0.15) is 0 Å². The molecule has 0 aromatic heterocycles. The monoisotopic (exact) mass is 213 g/mol. The first-order valence-electron chi connectivity index (χ1n) is 5.26. The van der Waals surface area contributed by atoms with Crippen LogP contribution in [0.4, 0.5) is 0 Å². The van der Waals surface area contributed by atoms with Crippen molar-refractivity contribution in [1.82, 2.24) is 0 Å². The fraction of sp³-hybridized carbons (Fsp3) is 0.143. The van der Waals surface area contributed by atoms with Gasteiger partial charge in [0.05, 0.1) is 0 Å². The normalized spacial score (nSPS) is 10.1. The van der Waals surface area contributed by atoms with Gasteiger partial charge < -0.3 is 4.74 Å². The Morgan fingerprint density at radius 3 is 2.06 bits per heavy atom. The van der Waals surface area contributed by atoms with Crippen molar-refractivity contribution in [2.75, 3.05) is 13.2 Å². The number of ether oxygens (including phenoxy) is 1. The molecule has 0 N–H and O–H groups in total. The minimum atomic E-state index is -0.208. The van der Waals surface area contributed by atoms with Gasteiger partial charge in [-0.2, -0.15) is 0 Å². The molecule has 0 saturated heterocycles. The smallest absolute Gasteiger partial charge is 0.119 e. The summed E-state index contributed by atoms with van der Waals surface area (Å²) in [7, 11) is 0. The van der Waals surface area contributed by atoms with Gasteiger partial charge in [0, 0.05) is 0 Å². The van der Waals surface area contributed by atoms with Gasteiger partial charge in [-0.3, -0.25) is 0 Å². The molecule has 16 heavy (non-hydrogen) atoms. The van der Waals surface area contributed by atoms with Crippen molar-refractivity contribution >= 4 is 0 Å². The van der Waals surface area contributed by atoms with Crippen LogP contribution in [0.25, 0.3) is 11.1 Å². The highest BCUT2D eigenvalue weighted by Crippen LogP contribution is 2.21. The van der Waals surface area contributed by atoms with E-state index in [1.54, 1.807) is 0 Å². The lowest BCUT2D eigenvalue weighted by atomic mass is 10.1. The van der Waals surface area contributed by atoms with Crippen LogP contribution in [-0.2, 0) is 5.11 Å². The third-order valence-electron chi connectivity index (χ3n) is 2.31. The summed E-state index contributed by atoms with van der Waals surface area (Å²) in [6.07, 6.45) is 0. The summed E-state index contributed by atoms with van der Waals surface area (Å²) < 4.78 is 5.23. The molecule has 0 atom stereocenters. The van der Waals surface area contributed by atoms with Gasteiger partial charge in [0.25, 0.3) is 0 Å². The Hall–Kier alpha value is -1.80. The summed E-state index contributed by atoms with van der Waals surface area (Å²) in [5.74, 6) is 0.746. The van der Waals surface area contributed by atoms with Crippen molar-refractivity contribution in [3.63, 3.8) is 0 Å². The molecule has 0 bridgehead atoms. The third kappa shape index (κ3) is 2.61. The Morgan fingerprint density at radius 1 is 0.812 bits per heavy atom. The average molecular weight is 213 g/mol. The van der Waals surface area contributed by atoms with E-state index in [9.17, 15) is 5.11 Å². The molecule has 2 heteroatoms.